The van der Waals surface area contributed by atoms with Crippen LogP contribution in [-0.2, 0) is 4.74 Å². The second-order valence-electron chi connectivity index (χ2n) is 8.97. The van der Waals surface area contributed by atoms with Gasteiger partial charge in [0.05, 0.1) is 12.6 Å². The molecule has 0 aliphatic heterocycles. The first-order valence-corrected chi connectivity index (χ1v) is 10.8. The van der Waals surface area contributed by atoms with Crippen molar-refractivity contribution in [2.45, 2.75) is 52.2 Å². The lowest BCUT2D eigenvalue weighted by atomic mass is 10.2. The number of alkyl carbamates (subject to hydrolysis) is 1. The van der Waals surface area contributed by atoms with Gasteiger partial charge in [-0.2, -0.15) is 0 Å². The number of carbonyl (C=O) groups excluding carboxylic acids is 1. The topological polar surface area (TPSA) is 86.5 Å². The van der Waals surface area contributed by atoms with Crippen LogP contribution in [0.15, 0.2) is 40.9 Å². The van der Waals surface area contributed by atoms with Gasteiger partial charge in [0.1, 0.15) is 22.6 Å². The van der Waals surface area contributed by atoms with Crippen LogP contribution in [-0.4, -0.2) is 34.3 Å². The van der Waals surface area contributed by atoms with Crippen molar-refractivity contribution in [2.75, 3.05) is 6.61 Å². The summed E-state index contributed by atoms with van der Waals surface area (Å²) in [6.07, 6.45) is 3.66. The van der Waals surface area contributed by atoms with Crippen molar-refractivity contribution in [1.82, 2.24) is 15.3 Å². The van der Waals surface area contributed by atoms with E-state index < -0.39 is 11.7 Å². The van der Waals surface area contributed by atoms with Crippen LogP contribution in [0.1, 0.15) is 46.1 Å². The summed E-state index contributed by atoms with van der Waals surface area (Å²) in [6.45, 7) is 7.99. The van der Waals surface area contributed by atoms with E-state index in [0.29, 0.717) is 23.1 Å². The number of pyridine rings is 1. The van der Waals surface area contributed by atoms with Crippen molar-refractivity contribution in [1.29, 1.82) is 0 Å². The third kappa shape index (κ3) is 6.01. The predicted molar refractivity (Wildman–Crippen MR) is 121 cm³/mol. The minimum Gasteiger partial charge on any atom is -0.493 e. The summed E-state index contributed by atoms with van der Waals surface area (Å²) in [4.78, 5) is 20.7. The van der Waals surface area contributed by atoms with Gasteiger partial charge in [-0.3, -0.25) is 0 Å². The summed E-state index contributed by atoms with van der Waals surface area (Å²) in [5.41, 5.74) is 2.21. The Morgan fingerprint density at radius 2 is 2.09 bits per heavy atom. The van der Waals surface area contributed by atoms with E-state index in [1.807, 2.05) is 51.1 Å². The number of rotatable bonds is 5. The van der Waals surface area contributed by atoms with Gasteiger partial charge in [0, 0.05) is 17.8 Å². The van der Waals surface area contributed by atoms with E-state index in [9.17, 15) is 4.79 Å². The second kappa shape index (κ2) is 8.91. The van der Waals surface area contributed by atoms with E-state index in [4.69, 9.17) is 13.9 Å². The molecule has 1 N–H and O–H groups in total. The zero-order valence-corrected chi connectivity index (χ0v) is 18.8. The molecule has 2 heterocycles. The Bertz CT molecular complexity index is 1160. The number of oxazole rings is 1. The zero-order valence-electron chi connectivity index (χ0n) is 18.8. The lowest BCUT2D eigenvalue weighted by molar-refractivity contribution is 0.0519. The number of ether oxygens (including phenoxy) is 2. The molecule has 166 valence electrons. The molecule has 1 fully saturated rings. The fraction of sp³-hybridized carbons (Fsp3) is 0.400. The lowest BCUT2D eigenvalue weighted by Crippen LogP contribution is -2.37. The molecule has 2 aromatic heterocycles. The van der Waals surface area contributed by atoms with E-state index in [-0.39, 0.29) is 6.04 Å². The monoisotopic (exact) mass is 433 g/mol. The fourth-order valence-electron chi connectivity index (χ4n) is 2.91. The molecule has 1 aliphatic carbocycles. The molecule has 7 heteroatoms. The molecule has 0 radical (unpaired) electrons. The van der Waals surface area contributed by atoms with E-state index >= 15 is 0 Å². The van der Waals surface area contributed by atoms with Crippen molar-refractivity contribution >= 4 is 17.2 Å². The minimum atomic E-state index is -0.549. The molecule has 0 spiro atoms. The van der Waals surface area contributed by atoms with Crippen molar-refractivity contribution < 1.29 is 18.7 Å². The molecule has 0 unspecified atom stereocenters. The average molecular weight is 434 g/mol. The van der Waals surface area contributed by atoms with Crippen molar-refractivity contribution in [2.24, 2.45) is 5.92 Å². The van der Waals surface area contributed by atoms with Crippen LogP contribution in [0.2, 0.25) is 0 Å². The van der Waals surface area contributed by atoms with Gasteiger partial charge in [-0.25, -0.2) is 14.8 Å². The number of nitrogens with one attached hydrogen (secondary N) is 1. The Morgan fingerprint density at radius 1 is 1.28 bits per heavy atom. The van der Waals surface area contributed by atoms with Gasteiger partial charge < -0.3 is 19.2 Å². The maximum atomic E-state index is 11.8. The number of aromatic nitrogens is 2. The summed E-state index contributed by atoms with van der Waals surface area (Å²) < 4.78 is 16.9. The van der Waals surface area contributed by atoms with Crippen molar-refractivity contribution in [3.63, 3.8) is 0 Å². The van der Waals surface area contributed by atoms with Gasteiger partial charge in [-0.1, -0.05) is 11.8 Å². The predicted octanol–water partition coefficient (Wildman–Crippen LogP) is 4.94. The number of hydrogen-bond acceptors (Lipinski definition) is 6. The Kier molecular flexibility index (Phi) is 6.04. The molecule has 0 bridgehead atoms. The number of nitrogens with zero attached hydrogens (tertiary/aromatic N) is 2. The van der Waals surface area contributed by atoms with Crippen LogP contribution in [0.4, 0.5) is 4.79 Å². The largest absolute Gasteiger partial charge is 0.493 e. The van der Waals surface area contributed by atoms with Crippen LogP contribution < -0.4 is 10.1 Å². The molecular formula is C25H27N3O4. The van der Waals surface area contributed by atoms with E-state index in [2.05, 4.69) is 27.1 Å². The number of benzene rings is 1. The summed E-state index contributed by atoms with van der Waals surface area (Å²) in [6, 6.07) is 8.96. The maximum absolute atomic E-state index is 11.8. The molecule has 1 saturated carbocycles. The highest BCUT2D eigenvalue weighted by atomic mass is 16.6. The van der Waals surface area contributed by atoms with Crippen LogP contribution in [0.3, 0.4) is 0 Å². The number of amides is 1. The van der Waals surface area contributed by atoms with Gasteiger partial charge in [-0.15, -0.1) is 0 Å². The summed E-state index contributed by atoms with van der Waals surface area (Å²) in [5.74, 6) is 7.90. The first kappa shape index (κ1) is 21.7. The molecule has 1 aliphatic rings. The van der Waals surface area contributed by atoms with Gasteiger partial charge in [0.15, 0.2) is 5.58 Å². The van der Waals surface area contributed by atoms with Crippen LogP contribution in [0.25, 0.3) is 22.7 Å². The molecule has 3 aromatic rings. The molecule has 1 atom stereocenters. The van der Waals surface area contributed by atoms with Gasteiger partial charge in [0.2, 0.25) is 5.89 Å². The van der Waals surface area contributed by atoms with Crippen molar-refractivity contribution in [3.05, 3.63) is 42.1 Å². The van der Waals surface area contributed by atoms with Crippen molar-refractivity contribution in [3.8, 4) is 29.2 Å². The quantitative estimate of drug-likeness (QED) is 0.574. The van der Waals surface area contributed by atoms with Crippen LogP contribution in [0.5, 0.6) is 5.75 Å². The van der Waals surface area contributed by atoms with E-state index in [0.717, 1.165) is 23.4 Å². The normalized spacial score (nSPS) is 14.4. The Hall–Kier alpha value is -3.53. The molecular weight excluding hydrogens is 406 g/mol. The smallest absolute Gasteiger partial charge is 0.408 e. The Balaban J connectivity index is 1.39. The Morgan fingerprint density at radius 3 is 2.78 bits per heavy atom. The highest BCUT2D eigenvalue weighted by Gasteiger charge is 2.22. The molecule has 1 amide bonds. The Labute approximate surface area is 187 Å². The summed E-state index contributed by atoms with van der Waals surface area (Å²) >= 11 is 0. The third-order valence-electron chi connectivity index (χ3n) is 4.69. The molecule has 1 aromatic carbocycles. The molecule has 32 heavy (non-hydrogen) atoms. The van der Waals surface area contributed by atoms with E-state index in [1.165, 1.54) is 12.8 Å². The standard InChI is InChI=1S/C25H27N3O4/c1-16(27-24(29)32-25(2,3)4)5-6-17-9-11-21(26-14-17)23-28-20-12-10-19(13-22(20)31-23)30-15-18-7-8-18/h9-14,16,18H,7-8,15H2,1-4H3,(H,27,29)/t16-/m0/s1. The second-order valence-corrected chi connectivity index (χ2v) is 8.97. The molecule has 4 rings (SSSR count). The van der Waals surface area contributed by atoms with E-state index in [1.54, 1.807) is 13.1 Å². The highest BCUT2D eigenvalue weighted by molar-refractivity contribution is 5.77. The number of hydrogen-bond donors (Lipinski definition) is 1. The zero-order chi connectivity index (χ0) is 22.7. The van der Waals surface area contributed by atoms with Crippen LogP contribution >= 0.6 is 0 Å². The van der Waals surface area contributed by atoms with Crippen LogP contribution in [0, 0.1) is 17.8 Å². The first-order valence-electron chi connectivity index (χ1n) is 10.8. The molecule has 7 nitrogen and oxygen atoms in total. The van der Waals surface area contributed by atoms with Gasteiger partial charge >= 0.3 is 6.09 Å². The van der Waals surface area contributed by atoms with Gasteiger partial charge in [0.25, 0.3) is 0 Å². The number of carbonyl (C=O) groups is 1. The third-order valence-corrected chi connectivity index (χ3v) is 4.69. The average Bonchev–Trinajstić information content (AvgIpc) is 3.46. The molecule has 0 saturated heterocycles. The summed E-state index contributed by atoms with van der Waals surface area (Å²) in [5, 5.41) is 2.69. The highest BCUT2D eigenvalue weighted by Crippen LogP contribution is 2.31. The number of fused-ring (bicyclic) bond motifs is 1. The minimum absolute atomic E-state index is 0.363. The van der Waals surface area contributed by atoms with Gasteiger partial charge in [-0.05, 0) is 70.7 Å². The maximum Gasteiger partial charge on any atom is 0.408 e. The summed E-state index contributed by atoms with van der Waals surface area (Å²) in [7, 11) is 0. The lowest BCUT2D eigenvalue weighted by Gasteiger charge is -2.20. The SMILES string of the molecule is C[C@@H](C#Cc1ccc(-c2nc3ccc(OCC4CC4)cc3o2)nc1)NC(=O)OC(C)(C)C. The fourth-order valence-corrected chi connectivity index (χ4v) is 2.91. The first-order chi connectivity index (χ1) is 15.2.